The van der Waals surface area contributed by atoms with Crippen LogP contribution in [0, 0.1) is 0 Å². The molecule has 0 radical (unpaired) electrons. The summed E-state index contributed by atoms with van der Waals surface area (Å²) in [6.45, 7) is 4.58. The van der Waals surface area contributed by atoms with Gasteiger partial charge in [0.2, 0.25) is 0 Å². The van der Waals surface area contributed by atoms with Gasteiger partial charge in [-0.05, 0) is 39.3 Å². The maximum atomic E-state index is 5.75. The second-order valence-corrected chi connectivity index (χ2v) is 4.52. The quantitative estimate of drug-likeness (QED) is 0.727. The zero-order chi connectivity index (χ0) is 9.80. The first-order chi connectivity index (χ1) is 6.88. The second kappa shape index (κ2) is 5.10. The SMILES string of the molecule is CNC1CCN(CC2CCCCO2)C1. The van der Waals surface area contributed by atoms with Gasteiger partial charge in [-0.2, -0.15) is 0 Å². The number of ether oxygens (including phenoxy) is 1. The van der Waals surface area contributed by atoms with Crippen molar-refractivity contribution in [3.8, 4) is 0 Å². The van der Waals surface area contributed by atoms with Crippen LogP contribution in [0.4, 0.5) is 0 Å². The predicted molar refractivity (Wildman–Crippen MR) is 57.5 cm³/mol. The molecule has 2 aliphatic heterocycles. The molecule has 0 saturated carbocycles. The highest BCUT2D eigenvalue weighted by atomic mass is 16.5. The van der Waals surface area contributed by atoms with Gasteiger partial charge in [0.1, 0.15) is 0 Å². The fraction of sp³-hybridized carbons (Fsp3) is 1.00. The third-order valence-electron chi connectivity index (χ3n) is 3.42. The van der Waals surface area contributed by atoms with Crippen LogP contribution < -0.4 is 5.32 Å². The van der Waals surface area contributed by atoms with E-state index in [1.165, 1.54) is 38.8 Å². The van der Waals surface area contributed by atoms with Gasteiger partial charge in [-0.3, -0.25) is 4.90 Å². The van der Waals surface area contributed by atoms with E-state index in [0.29, 0.717) is 12.1 Å². The summed E-state index contributed by atoms with van der Waals surface area (Å²) in [5.41, 5.74) is 0. The summed E-state index contributed by atoms with van der Waals surface area (Å²) in [6, 6.07) is 0.707. The minimum absolute atomic E-state index is 0.513. The molecular formula is C11H22N2O. The van der Waals surface area contributed by atoms with Crippen molar-refractivity contribution in [1.82, 2.24) is 10.2 Å². The lowest BCUT2D eigenvalue weighted by Gasteiger charge is -2.27. The molecule has 3 heteroatoms. The van der Waals surface area contributed by atoms with E-state index in [2.05, 4.69) is 17.3 Å². The normalized spacial score (nSPS) is 34.9. The molecule has 2 unspecified atom stereocenters. The summed E-state index contributed by atoms with van der Waals surface area (Å²) in [4.78, 5) is 2.54. The van der Waals surface area contributed by atoms with Crippen LogP contribution in [0.3, 0.4) is 0 Å². The molecule has 82 valence electrons. The highest BCUT2D eigenvalue weighted by molar-refractivity contribution is 4.81. The van der Waals surface area contributed by atoms with Crippen LogP contribution in [0.15, 0.2) is 0 Å². The van der Waals surface area contributed by atoms with E-state index in [-0.39, 0.29) is 0 Å². The maximum absolute atomic E-state index is 5.75. The number of likely N-dealkylation sites (N-methyl/N-ethyl adjacent to an activating group) is 1. The molecule has 0 amide bonds. The Hall–Kier alpha value is -0.120. The van der Waals surface area contributed by atoms with Gasteiger partial charge >= 0.3 is 0 Å². The molecule has 0 aromatic carbocycles. The Morgan fingerprint density at radius 3 is 2.93 bits per heavy atom. The molecule has 3 nitrogen and oxygen atoms in total. The van der Waals surface area contributed by atoms with Crippen LogP contribution in [-0.2, 0) is 4.74 Å². The van der Waals surface area contributed by atoms with Gasteiger partial charge in [0.15, 0.2) is 0 Å². The molecule has 14 heavy (non-hydrogen) atoms. The summed E-state index contributed by atoms with van der Waals surface area (Å²) in [5.74, 6) is 0. The van der Waals surface area contributed by atoms with Crippen molar-refractivity contribution in [3.63, 3.8) is 0 Å². The topological polar surface area (TPSA) is 24.5 Å². The molecule has 0 aromatic heterocycles. The lowest BCUT2D eigenvalue weighted by molar-refractivity contribution is -0.00209. The van der Waals surface area contributed by atoms with Crippen molar-refractivity contribution in [1.29, 1.82) is 0 Å². The highest BCUT2D eigenvalue weighted by Crippen LogP contribution is 2.16. The summed E-state index contributed by atoms with van der Waals surface area (Å²) < 4.78 is 5.75. The Morgan fingerprint density at radius 2 is 2.29 bits per heavy atom. The van der Waals surface area contributed by atoms with E-state index in [9.17, 15) is 0 Å². The van der Waals surface area contributed by atoms with Crippen LogP contribution in [-0.4, -0.2) is 50.3 Å². The first-order valence-corrected chi connectivity index (χ1v) is 5.89. The van der Waals surface area contributed by atoms with Crippen molar-refractivity contribution in [3.05, 3.63) is 0 Å². The third kappa shape index (κ3) is 2.69. The van der Waals surface area contributed by atoms with Crippen LogP contribution in [0.25, 0.3) is 0 Å². The third-order valence-corrected chi connectivity index (χ3v) is 3.42. The molecular weight excluding hydrogens is 176 g/mol. The molecule has 2 fully saturated rings. The summed E-state index contributed by atoms with van der Waals surface area (Å²) >= 11 is 0. The molecule has 2 aliphatic rings. The van der Waals surface area contributed by atoms with Crippen molar-refractivity contribution in [2.45, 2.75) is 37.8 Å². The van der Waals surface area contributed by atoms with Crippen molar-refractivity contribution >= 4 is 0 Å². The van der Waals surface area contributed by atoms with E-state index in [0.717, 1.165) is 13.2 Å². The minimum Gasteiger partial charge on any atom is -0.377 e. The molecule has 0 spiro atoms. The number of nitrogens with one attached hydrogen (secondary N) is 1. The fourth-order valence-electron chi connectivity index (χ4n) is 2.47. The largest absolute Gasteiger partial charge is 0.377 e. The van der Waals surface area contributed by atoms with Crippen molar-refractivity contribution in [2.24, 2.45) is 0 Å². The van der Waals surface area contributed by atoms with Gasteiger partial charge in [-0.1, -0.05) is 0 Å². The zero-order valence-corrected chi connectivity index (χ0v) is 9.17. The molecule has 0 aliphatic carbocycles. The Balaban J connectivity index is 1.69. The summed E-state index contributed by atoms with van der Waals surface area (Å²) in [7, 11) is 2.06. The van der Waals surface area contributed by atoms with Gasteiger partial charge in [0, 0.05) is 25.7 Å². The van der Waals surface area contributed by atoms with E-state index >= 15 is 0 Å². The molecule has 1 N–H and O–H groups in total. The van der Waals surface area contributed by atoms with E-state index in [1.807, 2.05) is 0 Å². The number of rotatable bonds is 3. The summed E-state index contributed by atoms with van der Waals surface area (Å²) in [5, 5.41) is 3.35. The number of hydrogen-bond acceptors (Lipinski definition) is 3. The highest BCUT2D eigenvalue weighted by Gasteiger charge is 2.24. The monoisotopic (exact) mass is 198 g/mol. The molecule has 2 saturated heterocycles. The summed E-state index contributed by atoms with van der Waals surface area (Å²) in [6.07, 6.45) is 5.69. The minimum atomic E-state index is 0.513. The van der Waals surface area contributed by atoms with Crippen LogP contribution >= 0.6 is 0 Å². The van der Waals surface area contributed by atoms with E-state index in [4.69, 9.17) is 4.74 Å². The number of nitrogens with zero attached hydrogens (tertiary/aromatic N) is 1. The molecule has 0 bridgehead atoms. The Bertz CT molecular complexity index is 169. The average molecular weight is 198 g/mol. The molecule has 0 aromatic rings. The van der Waals surface area contributed by atoms with Gasteiger partial charge in [-0.15, -0.1) is 0 Å². The van der Waals surface area contributed by atoms with Gasteiger partial charge < -0.3 is 10.1 Å². The average Bonchev–Trinajstić information content (AvgIpc) is 2.67. The Labute approximate surface area is 86.8 Å². The second-order valence-electron chi connectivity index (χ2n) is 4.52. The van der Waals surface area contributed by atoms with E-state index < -0.39 is 0 Å². The van der Waals surface area contributed by atoms with Crippen molar-refractivity contribution < 1.29 is 4.74 Å². The standard InChI is InChI=1S/C11H22N2O/c1-12-10-5-6-13(8-10)9-11-4-2-3-7-14-11/h10-12H,2-9H2,1H3. The first kappa shape index (κ1) is 10.4. The van der Waals surface area contributed by atoms with Crippen LogP contribution in [0.1, 0.15) is 25.7 Å². The molecule has 2 heterocycles. The smallest absolute Gasteiger partial charge is 0.0702 e. The van der Waals surface area contributed by atoms with Gasteiger partial charge in [-0.25, -0.2) is 0 Å². The number of likely N-dealkylation sites (tertiary alicyclic amines) is 1. The first-order valence-electron chi connectivity index (χ1n) is 5.89. The van der Waals surface area contributed by atoms with E-state index in [1.54, 1.807) is 0 Å². The zero-order valence-electron chi connectivity index (χ0n) is 9.17. The van der Waals surface area contributed by atoms with Gasteiger partial charge in [0.25, 0.3) is 0 Å². The Morgan fingerprint density at radius 1 is 1.36 bits per heavy atom. The maximum Gasteiger partial charge on any atom is 0.0702 e. The lowest BCUT2D eigenvalue weighted by atomic mass is 10.1. The van der Waals surface area contributed by atoms with Gasteiger partial charge in [0.05, 0.1) is 6.10 Å². The fourth-order valence-corrected chi connectivity index (χ4v) is 2.47. The lowest BCUT2D eigenvalue weighted by Crippen LogP contribution is -2.36. The molecule has 2 atom stereocenters. The van der Waals surface area contributed by atoms with Crippen LogP contribution in [0.5, 0.6) is 0 Å². The van der Waals surface area contributed by atoms with Crippen molar-refractivity contribution in [2.75, 3.05) is 33.3 Å². The Kier molecular flexibility index (Phi) is 3.79. The predicted octanol–water partition coefficient (Wildman–Crippen LogP) is 0.849. The molecule has 2 rings (SSSR count). The van der Waals surface area contributed by atoms with Crippen LogP contribution in [0.2, 0.25) is 0 Å². The number of hydrogen-bond donors (Lipinski definition) is 1.